The highest BCUT2D eigenvalue weighted by Crippen LogP contribution is 2.47. The van der Waals surface area contributed by atoms with Gasteiger partial charge in [-0.05, 0) is 48.2 Å². The van der Waals surface area contributed by atoms with Gasteiger partial charge >= 0.3 is 0 Å². The maximum Gasteiger partial charge on any atom is 0.255 e. The first kappa shape index (κ1) is 19.6. The number of amides is 1. The Bertz CT molecular complexity index is 1300. The molecule has 1 amide bonds. The number of H-pyrrole nitrogens is 1. The predicted molar refractivity (Wildman–Crippen MR) is 130 cm³/mol. The third kappa shape index (κ3) is 3.07. The number of para-hydroxylation sites is 1. The van der Waals surface area contributed by atoms with Crippen molar-refractivity contribution in [3.63, 3.8) is 0 Å². The standard InChI is InChI=1S/C28H25ClN2O/c29-19-16-14-18(15-17-19)26-25(23-12-6-7-13-24(23)30-26)27-21-10-4-5-11-22(21)28(32)31(27)20-8-2-1-3-9-20/h4-7,10-17,20,27,30H,1-3,8-9H2/t27-/m1/s1. The van der Waals surface area contributed by atoms with Crippen LogP contribution in [0.3, 0.4) is 0 Å². The van der Waals surface area contributed by atoms with Crippen LogP contribution < -0.4 is 0 Å². The normalized spacial score (nSPS) is 19.0. The van der Waals surface area contributed by atoms with Crippen molar-refractivity contribution in [2.75, 3.05) is 0 Å². The van der Waals surface area contributed by atoms with Crippen LogP contribution in [0.5, 0.6) is 0 Å². The van der Waals surface area contributed by atoms with Gasteiger partial charge in [-0.3, -0.25) is 4.79 Å². The molecule has 3 nitrogen and oxygen atoms in total. The quantitative estimate of drug-likeness (QED) is 0.354. The van der Waals surface area contributed by atoms with E-state index in [2.05, 4.69) is 58.4 Å². The van der Waals surface area contributed by atoms with E-state index in [1.165, 1.54) is 30.2 Å². The van der Waals surface area contributed by atoms with E-state index in [1.807, 2.05) is 24.3 Å². The summed E-state index contributed by atoms with van der Waals surface area (Å²) in [6.07, 6.45) is 5.80. The average molecular weight is 441 g/mol. The highest BCUT2D eigenvalue weighted by Gasteiger charge is 2.43. The van der Waals surface area contributed by atoms with Gasteiger partial charge in [-0.15, -0.1) is 0 Å². The SMILES string of the molecule is O=C1c2ccccc2[C@H](c2c(-c3ccc(Cl)cc3)[nH]c3ccccc23)N1C1CCCCC1. The minimum Gasteiger partial charge on any atom is -0.354 e. The zero-order valence-electron chi connectivity index (χ0n) is 17.9. The van der Waals surface area contributed by atoms with Crippen molar-refractivity contribution in [3.8, 4) is 11.3 Å². The lowest BCUT2D eigenvalue weighted by atomic mass is 9.89. The highest BCUT2D eigenvalue weighted by molar-refractivity contribution is 6.30. The molecule has 1 atom stereocenters. The Kier molecular flexibility index (Phi) is 4.80. The molecule has 4 aromatic rings. The van der Waals surface area contributed by atoms with E-state index >= 15 is 0 Å². The Morgan fingerprint density at radius 1 is 0.844 bits per heavy atom. The number of nitrogens with zero attached hydrogens (tertiary/aromatic N) is 1. The summed E-state index contributed by atoms with van der Waals surface area (Å²) in [6, 6.07) is 24.7. The molecular weight excluding hydrogens is 416 g/mol. The molecule has 1 N–H and O–H groups in total. The number of carbonyl (C=O) groups is 1. The van der Waals surface area contributed by atoms with E-state index in [1.54, 1.807) is 0 Å². The van der Waals surface area contributed by atoms with E-state index in [0.29, 0.717) is 0 Å². The molecule has 32 heavy (non-hydrogen) atoms. The number of benzene rings is 3. The van der Waals surface area contributed by atoms with E-state index in [-0.39, 0.29) is 18.0 Å². The fourth-order valence-corrected chi connectivity index (χ4v) is 5.78. The summed E-state index contributed by atoms with van der Waals surface area (Å²) in [5.41, 5.74) is 6.39. The number of carbonyl (C=O) groups excluding carboxylic acids is 1. The Labute approximate surface area is 193 Å². The van der Waals surface area contributed by atoms with E-state index in [0.717, 1.165) is 45.8 Å². The lowest BCUT2D eigenvalue weighted by Gasteiger charge is -2.36. The topological polar surface area (TPSA) is 36.1 Å². The molecule has 0 unspecified atom stereocenters. The van der Waals surface area contributed by atoms with Gasteiger partial charge in [-0.1, -0.05) is 79.4 Å². The summed E-state index contributed by atoms with van der Waals surface area (Å²) in [4.78, 5) is 19.6. The first-order chi connectivity index (χ1) is 15.7. The molecule has 160 valence electrons. The van der Waals surface area contributed by atoms with Crippen molar-refractivity contribution < 1.29 is 4.79 Å². The van der Waals surface area contributed by atoms with Crippen molar-refractivity contribution in [2.45, 2.75) is 44.2 Å². The van der Waals surface area contributed by atoms with Crippen LogP contribution in [0.15, 0.2) is 72.8 Å². The summed E-state index contributed by atoms with van der Waals surface area (Å²) in [5.74, 6) is 0.171. The smallest absolute Gasteiger partial charge is 0.255 e. The van der Waals surface area contributed by atoms with Crippen LogP contribution in [0, 0.1) is 0 Å². The number of hydrogen-bond donors (Lipinski definition) is 1. The molecule has 0 radical (unpaired) electrons. The Balaban J connectivity index is 1.61. The number of fused-ring (bicyclic) bond motifs is 2. The largest absolute Gasteiger partial charge is 0.354 e. The van der Waals surface area contributed by atoms with Crippen molar-refractivity contribution in [1.29, 1.82) is 0 Å². The van der Waals surface area contributed by atoms with Crippen LogP contribution in [0.4, 0.5) is 0 Å². The number of halogens is 1. The number of aromatic nitrogens is 1. The number of hydrogen-bond acceptors (Lipinski definition) is 1. The fourth-order valence-electron chi connectivity index (χ4n) is 5.66. The number of aromatic amines is 1. The summed E-state index contributed by atoms with van der Waals surface area (Å²) in [6.45, 7) is 0. The molecule has 2 aliphatic rings. The minimum absolute atomic E-state index is 0.0939. The third-order valence-corrected chi connectivity index (χ3v) is 7.37. The van der Waals surface area contributed by atoms with Gasteiger partial charge in [0.05, 0.1) is 11.7 Å². The molecule has 0 saturated heterocycles. The van der Waals surface area contributed by atoms with Crippen molar-refractivity contribution in [3.05, 3.63) is 94.5 Å². The number of nitrogens with one attached hydrogen (secondary N) is 1. The summed E-state index contributed by atoms with van der Waals surface area (Å²) >= 11 is 6.19. The molecule has 1 saturated carbocycles. The average Bonchev–Trinajstić information content (AvgIpc) is 3.35. The molecule has 0 spiro atoms. The molecule has 1 fully saturated rings. The first-order valence-electron chi connectivity index (χ1n) is 11.5. The van der Waals surface area contributed by atoms with Gasteiger partial charge in [0, 0.05) is 33.1 Å². The Morgan fingerprint density at radius 2 is 1.56 bits per heavy atom. The molecule has 6 rings (SSSR count). The first-order valence-corrected chi connectivity index (χ1v) is 11.9. The van der Waals surface area contributed by atoms with E-state index < -0.39 is 0 Å². The molecule has 0 bridgehead atoms. The molecule has 2 heterocycles. The zero-order valence-corrected chi connectivity index (χ0v) is 18.6. The van der Waals surface area contributed by atoms with Crippen LogP contribution in [-0.4, -0.2) is 21.8 Å². The Hall–Kier alpha value is -3.04. The van der Waals surface area contributed by atoms with Crippen molar-refractivity contribution >= 4 is 28.4 Å². The van der Waals surface area contributed by atoms with Gasteiger partial charge in [0.2, 0.25) is 0 Å². The molecule has 1 aromatic heterocycles. The van der Waals surface area contributed by atoms with Gasteiger partial charge in [-0.25, -0.2) is 0 Å². The monoisotopic (exact) mass is 440 g/mol. The predicted octanol–water partition coefficient (Wildman–Crippen LogP) is 7.37. The Morgan fingerprint density at radius 3 is 2.38 bits per heavy atom. The molecule has 3 aromatic carbocycles. The fraction of sp³-hybridized carbons (Fsp3) is 0.250. The number of rotatable bonds is 3. The van der Waals surface area contributed by atoms with E-state index in [4.69, 9.17) is 11.6 Å². The highest BCUT2D eigenvalue weighted by atomic mass is 35.5. The van der Waals surface area contributed by atoms with E-state index in [9.17, 15) is 4.79 Å². The molecule has 4 heteroatoms. The molecule has 1 aliphatic carbocycles. The lowest BCUT2D eigenvalue weighted by Crippen LogP contribution is -2.40. The van der Waals surface area contributed by atoms with Crippen molar-refractivity contribution in [2.24, 2.45) is 0 Å². The maximum absolute atomic E-state index is 13.7. The summed E-state index contributed by atoms with van der Waals surface area (Å²) in [7, 11) is 0. The van der Waals surface area contributed by atoms with Crippen LogP contribution >= 0.6 is 11.6 Å². The second kappa shape index (κ2) is 7.83. The third-order valence-electron chi connectivity index (χ3n) is 7.12. The van der Waals surface area contributed by atoms with Gasteiger partial charge in [0.15, 0.2) is 0 Å². The van der Waals surface area contributed by atoms with Crippen LogP contribution in [0.1, 0.15) is 59.6 Å². The van der Waals surface area contributed by atoms with Gasteiger partial charge < -0.3 is 9.88 Å². The van der Waals surface area contributed by atoms with Gasteiger partial charge in [-0.2, -0.15) is 0 Å². The minimum atomic E-state index is -0.0939. The molecule has 1 aliphatic heterocycles. The zero-order chi connectivity index (χ0) is 21.7. The van der Waals surface area contributed by atoms with Crippen molar-refractivity contribution in [1.82, 2.24) is 9.88 Å². The van der Waals surface area contributed by atoms with Gasteiger partial charge in [0.25, 0.3) is 5.91 Å². The second-order valence-electron chi connectivity index (χ2n) is 8.96. The lowest BCUT2D eigenvalue weighted by molar-refractivity contribution is 0.0614. The van der Waals surface area contributed by atoms with Crippen LogP contribution in [0.2, 0.25) is 5.02 Å². The summed E-state index contributed by atoms with van der Waals surface area (Å²) < 4.78 is 0. The van der Waals surface area contributed by atoms with Crippen LogP contribution in [0.25, 0.3) is 22.2 Å². The van der Waals surface area contributed by atoms with Gasteiger partial charge in [0.1, 0.15) is 0 Å². The second-order valence-corrected chi connectivity index (χ2v) is 9.40. The van der Waals surface area contributed by atoms with Crippen LogP contribution in [-0.2, 0) is 0 Å². The maximum atomic E-state index is 13.7. The summed E-state index contributed by atoms with van der Waals surface area (Å²) in [5, 5.41) is 1.89. The molecular formula is C28H25ClN2O.